The standard InChI is InChI=1S/C20H24N6O/c27-19(18-23-20-21-11-8-14-26(20)24-18)22-15-17(16-9-4-3-5-10-16)25-12-6-1-2-7-13-25/h3-5,8-11,14,17H,1-2,6-7,12-13,15H2,(H,22,27). The Morgan fingerprint density at radius 2 is 1.85 bits per heavy atom. The van der Waals surface area contributed by atoms with Crippen molar-refractivity contribution >= 4 is 11.7 Å². The molecule has 1 atom stereocenters. The van der Waals surface area contributed by atoms with Gasteiger partial charge in [0.2, 0.25) is 5.82 Å². The highest BCUT2D eigenvalue weighted by atomic mass is 16.2. The summed E-state index contributed by atoms with van der Waals surface area (Å²) in [6, 6.07) is 12.3. The monoisotopic (exact) mass is 364 g/mol. The van der Waals surface area contributed by atoms with Gasteiger partial charge >= 0.3 is 0 Å². The van der Waals surface area contributed by atoms with Gasteiger partial charge in [0.15, 0.2) is 0 Å². The third-order valence-electron chi connectivity index (χ3n) is 5.04. The number of fused-ring (bicyclic) bond motifs is 1. The molecular formula is C20H24N6O. The lowest BCUT2D eigenvalue weighted by Gasteiger charge is -2.31. The zero-order valence-corrected chi connectivity index (χ0v) is 15.3. The van der Waals surface area contributed by atoms with E-state index in [0.29, 0.717) is 12.3 Å². The van der Waals surface area contributed by atoms with Crippen molar-refractivity contribution in [2.45, 2.75) is 31.7 Å². The number of nitrogens with zero attached hydrogens (tertiary/aromatic N) is 5. The highest BCUT2D eigenvalue weighted by Crippen LogP contribution is 2.23. The molecular weight excluding hydrogens is 340 g/mol. The van der Waals surface area contributed by atoms with Gasteiger partial charge in [-0.05, 0) is 37.6 Å². The number of hydrogen-bond acceptors (Lipinski definition) is 5. The summed E-state index contributed by atoms with van der Waals surface area (Å²) in [5, 5.41) is 7.24. The minimum absolute atomic E-state index is 0.149. The van der Waals surface area contributed by atoms with Gasteiger partial charge in [-0.1, -0.05) is 43.2 Å². The number of rotatable bonds is 5. The van der Waals surface area contributed by atoms with E-state index in [1.165, 1.54) is 35.8 Å². The lowest BCUT2D eigenvalue weighted by Crippen LogP contribution is -2.39. The van der Waals surface area contributed by atoms with Gasteiger partial charge in [-0.15, -0.1) is 5.10 Å². The molecule has 0 radical (unpaired) electrons. The summed E-state index contributed by atoms with van der Waals surface area (Å²) in [5.41, 5.74) is 1.23. The van der Waals surface area contributed by atoms with E-state index in [2.05, 4.69) is 49.5 Å². The van der Waals surface area contributed by atoms with Gasteiger partial charge in [0.05, 0.1) is 6.04 Å². The second kappa shape index (κ2) is 8.26. The molecule has 4 rings (SSSR count). The molecule has 0 bridgehead atoms. The predicted octanol–water partition coefficient (Wildman–Crippen LogP) is 2.47. The number of benzene rings is 1. The molecule has 1 aromatic carbocycles. The first-order valence-electron chi connectivity index (χ1n) is 9.56. The minimum Gasteiger partial charge on any atom is -0.347 e. The van der Waals surface area contributed by atoms with E-state index in [1.807, 2.05) is 6.07 Å². The topological polar surface area (TPSA) is 75.4 Å². The van der Waals surface area contributed by atoms with Crippen molar-refractivity contribution in [1.29, 1.82) is 0 Å². The van der Waals surface area contributed by atoms with Gasteiger partial charge < -0.3 is 5.32 Å². The van der Waals surface area contributed by atoms with Crippen LogP contribution in [0.4, 0.5) is 0 Å². The molecule has 1 fully saturated rings. The lowest BCUT2D eigenvalue weighted by atomic mass is 10.0. The van der Waals surface area contributed by atoms with Crippen LogP contribution in [0.15, 0.2) is 48.8 Å². The Morgan fingerprint density at radius 3 is 2.59 bits per heavy atom. The predicted molar refractivity (Wildman–Crippen MR) is 102 cm³/mol. The molecule has 3 heterocycles. The Hall–Kier alpha value is -2.80. The normalized spacial score (nSPS) is 16.7. The summed E-state index contributed by atoms with van der Waals surface area (Å²) < 4.78 is 1.51. The molecule has 1 saturated heterocycles. The average molecular weight is 364 g/mol. The minimum atomic E-state index is -0.267. The molecule has 140 valence electrons. The maximum atomic E-state index is 12.6. The van der Waals surface area contributed by atoms with Gasteiger partial charge in [-0.25, -0.2) is 9.50 Å². The van der Waals surface area contributed by atoms with Crippen LogP contribution >= 0.6 is 0 Å². The smallest absolute Gasteiger partial charge is 0.291 e. The van der Waals surface area contributed by atoms with E-state index in [0.717, 1.165) is 13.1 Å². The molecule has 27 heavy (non-hydrogen) atoms. The molecule has 1 amide bonds. The SMILES string of the molecule is O=C(NCC(c1ccccc1)N1CCCCCC1)c1nc2ncccn2n1. The van der Waals surface area contributed by atoms with E-state index in [1.54, 1.807) is 18.5 Å². The van der Waals surface area contributed by atoms with Crippen LogP contribution < -0.4 is 5.32 Å². The number of hydrogen-bond donors (Lipinski definition) is 1. The Bertz CT molecular complexity index is 853. The van der Waals surface area contributed by atoms with E-state index in [9.17, 15) is 4.79 Å². The number of carbonyl (C=O) groups is 1. The number of likely N-dealkylation sites (tertiary alicyclic amines) is 1. The molecule has 7 nitrogen and oxygen atoms in total. The number of aromatic nitrogens is 4. The summed E-state index contributed by atoms with van der Waals surface area (Å²) in [6.07, 6.45) is 8.34. The van der Waals surface area contributed by atoms with E-state index in [-0.39, 0.29) is 17.8 Å². The van der Waals surface area contributed by atoms with Crippen molar-refractivity contribution < 1.29 is 4.79 Å². The third-order valence-corrected chi connectivity index (χ3v) is 5.04. The Balaban J connectivity index is 1.49. The molecule has 1 N–H and O–H groups in total. The van der Waals surface area contributed by atoms with Crippen LogP contribution in [0.1, 0.15) is 47.9 Å². The van der Waals surface area contributed by atoms with Crippen LogP contribution in [-0.2, 0) is 0 Å². The van der Waals surface area contributed by atoms with Gasteiger partial charge in [0.1, 0.15) is 0 Å². The van der Waals surface area contributed by atoms with E-state index < -0.39 is 0 Å². The summed E-state index contributed by atoms with van der Waals surface area (Å²) in [7, 11) is 0. The van der Waals surface area contributed by atoms with Crippen molar-refractivity contribution in [3.05, 3.63) is 60.2 Å². The van der Waals surface area contributed by atoms with Crippen molar-refractivity contribution in [2.24, 2.45) is 0 Å². The number of nitrogens with one attached hydrogen (secondary N) is 1. The number of carbonyl (C=O) groups excluding carboxylic acids is 1. The van der Waals surface area contributed by atoms with Crippen LogP contribution in [0.2, 0.25) is 0 Å². The second-order valence-electron chi connectivity index (χ2n) is 6.89. The van der Waals surface area contributed by atoms with Crippen LogP contribution in [0.25, 0.3) is 5.78 Å². The molecule has 7 heteroatoms. The number of amides is 1. The summed E-state index contributed by atoms with van der Waals surface area (Å²) in [4.78, 5) is 23.4. The Labute approximate surface area is 158 Å². The largest absolute Gasteiger partial charge is 0.347 e. The Morgan fingerprint density at radius 1 is 1.07 bits per heavy atom. The fraction of sp³-hybridized carbons (Fsp3) is 0.400. The fourth-order valence-corrected chi connectivity index (χ4v) is 3.64. The molecule has 0 aliphatic carbocycles. The molecule has 1 aliphatic rings. The summed E-state index contributed by atoms with van der Waals surface area (Å²) in [6.45, 7) is 2.66. The average Bonchev–Trinajstić information content (AvgIpc) is 2.97. The van der Waals surface area contributed by atoms with Crippen LogP contribution in [0.3, 0.4) is 0 Å². The first kappa shape index (κ1) is 17.6. The summed E-state index contributed by atoms with van der Waals surface area (Å²) in [5.74, 6) is 0.308. The van der Waals surface area contributed by atoms with E-state index >= 15 is 0 Å². The van der Waals surface area contributed by atoms with Crippen molar-refractivity contribution in [1.82, 2.24) is 29.8 Å². The molecule has 2 aromatic heterocycles. The van der Waals surface area contributed by atoms with E-state index in [4.69, 9.17) is 0 Å². The van der Waals surface area contributed by atoms with Crippen LogP contribution in [0.5, 0.6) is 0 Å². The zero-order chi connectivity index (χ0) is 18.5. The summed E-state index contributed by atoms with van der Waals surface area (Å²) >= 11 is 0. The van der Waals surface area contributed by atoms with Crippen LogP contribution in [-0.4, -0.2) is 50.0 Å². The van der Waals surface area contributed by atoms with Crippen LogP contribution in [0, 0.1) is 0 Å². The van der Waals surface area contributed by atoms with Gasteiger partial charge in [0.25, 0.3) is 11.7 Å². The molecule has 0 spiro atoms. The molecule has 1 aliphatic heterocycles. The highest BCUT2D eigenvalue weighted by molar-refractivity contribution is 5.90. The highest BCUT2D eigenvalue weighted by Gasteiger charge is 2.23. The quantitative estimate of drug-likeness (QED) is 0.753. The van der Waals surface area contributed by atoms with Crippen molar-refractivity contribution in [3.63, 3.8) is 0 Å². The van der Waals surface area contributed by atoms with Gasteiger partial charge in [-0.2, -0.15) is 4.98 Å². The maximum Gasteiger partial charge on any atom is 0.291 e. The third kappa shape index (κ3) is 4.14. The van der Waals surface area contributed by atoms with Crippen molar-refractivity contribution in [2.75, 3.05) is 19.6 Å². The first-order valence-corrected chi connectivity index (χ1v) is 9.56. The molecule has 1 unspecified atom stereocenters. The first-order chi connectivity index (χ1) is 13.3. The Kier molecular flexibility index (Phi) is 5.39. The second-order valence-corrected chi connectivity index (χ2v) is 6.89. The van der Waals surface area contributed by atoms with Gasteiger partial charge in [0, 0.05) is 18.9 Å². The maximum absolute atomic E-state index is 12.6. The van der Waals surface area contributed by atoms with Crippen molar-refractivity contribution in [3.8, 4) is 0 Å². The van der Waals surface area contributed by atoms with Gasteiger partial charge in [-0.3, -0.25) is 9.69 Å². The molecule has 3 aromatic rings. The zero-order valence-electron chi connectivity index (χ0n) is 15.3. The fourth-order valence-electron chi connectivity index (χ4n) is 3.64. The molecule has 0 saturated carbocycles. The lowest BCUT2D eigenvalue weighted by molar-refractivity contribution is 0.0923.